The zero-order chi connectivity index (χ0) is 16.8. The SMILES string of the molecule is CN1CCC(C)(CNC(=O)C(F)Cl)C1.O=C(O)C(F)(F)F. The predicted molar refractivity (Wildman–Crippen MR) is 67.7 cm³/mol. The van der Waals surface area contributed by atoms with Crippen molar-refractivity contribution >= 4 is 23.5 Å². The number of carbonyl (C=O) groups excluding carboxylic acids is 1. The van der Waals surface area contributed by atoms with Gasteiger partial charge < -0.3 is 15.3 Å². The maximum Gasteiger partial charge on any atom is 0.490 e. The van der Waals surface area contributed by atoms with Gasteiger partial charge in [-0.1, -0.05) is 18.5 Å². The molecule has 0 saturated carbocycles. The fourth-order valence-corrected chi connectivity index (χ4v) is 1.87. The quantitative estimate of drug-likeness (QED) is 0.607. The van der Waals surface area contributed by atoms with Crippen LogP contribution >= 0.6 is 11.6 Å². The van der Waals surface area contributed by atoms with Gasteiger partial charge in [0.1, 0.15) is 0 Å². The average Bonchev–Trinajstić information content (AvgIpc) is 2.66. The van der Waals surface area contributed by atoms with E-state index in [1.54, 1.807) is 0 Å². The van der Waals surface area contributed by atoms with E-state index in [9.17, 15) is 22.4 Å². The number of carboxylic acid groups (broad SMARTS) is 1. The summed E-state index contributed by atoms with van der Waals surface area (Å²) in [6.07, 6.45) is -4.07. The molecule has 2 N–H and O–H groups in total. The molecule has 0 aromatic rings. The Labute approximate surface area is 124 Å². The van der Waals surface area contributed by atoms with Crippen LogP contribution in [0.4, 0.5) is 17.6 Å². The van der Waals surface area contributed by atoms with Crippen molar-refractivity contribution in [3.63, 3.8) is 0 Å². The van der Waals surface area contributed by atoms with Gasteiger partial charge in [-0.3, -0.25) is 4.79 Å². The molecule has 0 aromatic heterocycles. The van der Waals surface area contributed by atoms with Gasteiger partial charge in [0.2, 0.25) is 0 Å². The molecular formula is C11H17ClF4N2O3. The van der Waals surface area contributed by atoms with Crippen molar-refractivity contribution in [2.24, 2.45) is 5.41 Å². The molecule has 0 radical (unpaired) electrons. The van der Waals surface area contributed by atoms with Gasteiger partial charge in [-0.2, -0.15) is 13.2 Å². The summed E-state index contributed by atoms with van der Waals surface area (Å²) in [4.78, 5) is 22.0. The third-order valence-electron chi connectivity index (χ3n) is 2.88. The number of alkyl halides is 5. The monoisotopic (exact) mass is 336 g/mol. The van der Waals surface area contributed by atoms with Gasteiger partial charge in [0, 0.05) is 13.1 Å². The Kier molecular flexibility index (Phi) is 7.38. The highest BCUT2D eigenvalue weighted by atomic mass is 35.5. The van der Waals surface area contributed by atoms with Gasteiger partial charge in [0.25, 0.3) is 11.5 Å². The number of hydrogen-bond acceptors (Lipinski definition) is 3. The molecular weight excluding hydrogens is 320 g/mol. The summed E-state index contributed by atoms with van der Waals surface area (Å²) in [5, 5.41) is 9.64. The summed E-state index contributed by atoms with van der Waals surface area (Å²) in [5.74, 6) is -3.49. The molecule has 5 nitrogen and oxygen atoms in total. The molecule has 2 unspecified atom stereocenters. The minimum Gasteiger partial charge on any atom is -0.475 e. The predicted octanol–water partition coefficient (Wildman–Crippen LogP) is 1.61. The van der Waals surface area contributed by atoms with E-state index in [0.29, 0.717) is 6.54 Å². The lowest BCUT2D eigenvalue weighted by Gasteiger charge is -2.23. The summed E-state index contributed by atoms with van der Waals surface area (Å²) in [6.45, 7) is 4.51. The second-order valence-corrected chi connectivity index (χ2v) is 5.50. The van der Waals surface area contributed by atoms with Crippen LogP contribution < -0.4 is 5.32 Å². The zero-order valence-electron chi connectivity index (χ0n) is 11.5. The van der Waals surface area contributed by atoms with E-state index in [-0.39, 0.29) is 5.41 Å². The number of aliphatic carboxylic acids is 1. The van der Waals surface area contributed by atoms with Crippen molar-refractivity contribution in [1.82, 2.24) is 10.2 Å². The lowest BCUT2D eigenvalue weighted by Crippen LogP contribution is -2.39. The molecule has 2 atom stereocenters. The molecule has 1 saturated heterocycles. The van der Waals surface area contributed by atoms with Crippen LogP contribution in [0.3, 0.4) is 0 Å². The van der Waals surface area contributed by atoms with Gasteiger partial charge in [0.15, 0.2) is 0 Å². The Morgan fingerprint density at radius 2 is 1.95 bits per heavy atom. The van der Waals surface area contributed by atoms with Crippen molar-refractivity contribution < 1.29 is 32.3 Å². The molecule has 1 aliphatic rings. The first-order valence-corrected chi connectivity index (χ1v) is 6.35. The first-order valence-electron chi connectivity index (χ1n) is 5.92. The van der Waals surface area contributed by atoms with Crippen LogP contribution in [-0.4, -0.2) is 60.4 Å². The third kappa shape index (κ3) is 8.05. The van der Waals surface area contributed by atoms with Crippen molar-refractivity contribution in [3.05, 3.63) is 0 Å². The van der Waals surface area contributed by atoms with Crippen LogP contribution in [0.1, 0.15) is 13.3 Å². The van der Waals surface area contributed by atoms with E-state index in [1.165, 1.54) is 0 Å². The van der Waals surface area contributed by atoms with E-state index in [1.807, 2.05) is 7.05 Å². The second kappa shape index (κ2) is 7.79. The summed E-state index contributed by atoms with van der Waals surface area (Å²) < 4.78 is 44.0. The Hall–Kier alpha value is -1.09. The maximum atomic E-state index is 12.3. The van der Waals surface area contributed by atoms with Gasteiger partial charge in [-0.15, -0.1) is 0 Å². The van der Waals surface area contributed by atoms with Crippen LogP contribution in [0.25, 0.3) is 0 Å². The number of nitrogens with zero attached hydrogens (tertiary/aromatic N) is 1. The maximum absolute atomic E-state index is 12.3. The molecule has 0 aromatic carbocycles. The molecule has 10 heteroatoms. The van der Waals surface area contributed by atoms with E-state index in [0.717, 1.165) is 19.5 Å². The molecule has 1 fully saturated rings. The molecule has 0 spiro atoms. The number of carboxylic acids is 1. The van der Waals surface area contributed by atoms with Gasteiger partial charge >= 0.3 is 12.1 Å². The summed E-state index contributed by atoms with van der Waals surface area (Å²) in [6, 6.07) is 0. The van der Waals surface area contributed by atoms with Gasteiger partial charge in [-0.05, 0) is 25.4 Å². The van der Waals surface area contributed by atoms with Crippen molar-refractivity contribution in [3.8, 4) is 0 Å². The lowest BCUT2D eigenvalue weighted by molar-refractivity contribution is -0.192. The lowest BCUT2D eigenvalue weighted by atomic mass is 9.90. The first-order chi connectivity index (χ1) is 9.37. The zero-order valence-corrected chi connectivity index (χ0v) is 12.3. The van der Waals surface area contributed by atoms with E-state index < -0.39 is 23.7 Å². The minimum absolute atomic E-state index is 0.0518. The largest absolute Gasteiger partial charge is 0.490 e. The molecule has 0 aliphatic carbocycles. The third-order valence-corrected chi connectivity index (χ3v) is 3.08. The second-order valence-electron chi connectivity index (χ2n) is 5.12. The average molecular weight is 337 g/mol. The highest BCUT2D eigenvalue weighted by molar-refractivity contribution is 6.29. The van der Waals surface area contributed by atoms with Crippen LogP contribution in [0.5, 0.6) is 0 Å². The number of nitrogens with one attached hydrogen (secondary N) is 1. The smallest absolute Gasteiger partial charge is 0.475 e. The summed E-state index contributed by atoms with van der Waals surface area (Å²) in [7, 11) is 2.03. The Morgan fingerprint density at radius 3 is 2.24 bits per heavy atom. The summed E-state index contributed by atoms with van der Waals surface area (Å²) >= 11 is 5.00. The number of carbonyl (C=O) groups is 2. The Morgan fingerprint density at radius 1 is 1.48 bits per heavy atom. The highest BCUT2D eigenvalue weighted by Gasteiger charge is 2.38. The van der Waals surface area contributed by atoms with Crippen LogP contribution in [-0.2, 0) is 9.59 Å². The van der Waals surface area contributed by atoms with Crippen LogP contribution in [0, 0.1) is 5.41 Å². The number of likely N-dealkylation sites (tertiary alicyclic amines) is 1. The normalized spacial score (nSPS) is 24.0. The van der Waals surface area contributed by atoms with Crippen LogP contribution in [0.15, 0.2) is 0 Å². The number of amides is 1. The Balaban J connectivity index is 0.000000486. The molecule has 1 rings (SSSR count). The van der Waals surface area contributed by atoms with Crippen molar-refractivity contribution in [2.75, 3.05) is 26.7 Å². The summed E-state index contributed by atoms with van der Waals surface area (Å²) in [5.41, 5.74) is -1.88. The fourth-order valence-electron chi connectivity index (χ4n) is 1.79. The fraction of sp³-hybridized carbons (Fsp3) is 0.818. The van der Waals surface area contributed by atoms with Gasteiger partial charge in [0.05, 0.1) is 0 Å². The molecule has 21 heavy (non-hydrogen) atoms. The van der Waals surface area contributed by atoms with Gasteiger partial charge in [-0.25, -0.2) is 9.18 Å². The van der Waals surface area contributed by atoms with E-state index in [2.05, 4.69) is 17.1 Å². The molecule has 1 amide bonds. The molecule has 1 aliphatic heterocycles. The van der Waals surface area contributed by atoms with Crippen molar-refractivity contribution in [1.29, 1.82) is 0 Å². The number of rotatable bonds is 3. The highest BCUT2D eigenvalue weighted by Crippen LogP contribution is 2.27. The topological polar surface area (TPSA) is 69.6 Å². The van der Waals surface area contributed by atoms with Crippen LogP contribution in [0.2, 0.25) is 0 Å². The molecule has 0 bridgehead atoms. The number of hydrogen-bond donors (Lipinski definition) is 2. The minimum atomic E-state index is -5.08. The standard InChI is InChI=1S/C9H16ClFN2O.C2HF3O2/c1-9(3-4-13(2)6-9)5-12-8(14)7(10)11;3-2(4,5)1(6)7/h7H,3-6H2,1-2H3,(H,12,14);(H,6,7). The number of halogens is 5. The van der Waals surface area contributed by atoms with E-state index in [4.69, 9.17) is 21.5 Å². The van der Waals surface area contributed by atoms with Crippen molar-refractivity contribution in [2.45, 2.75) is 25.2 Å². The molecule has 124 valence electrons. The first kappa shape index (κ1) is 19.9. The van der Waals surface area contributed by atoms with E-state index >= 15 is 0 Å². The molecule has 1 heterocycles. The Bertz CT molecular complexity index is 379.